The Morgan fingerprint density at radius 2 is 2.00 bits per heavy atom. The molecule has 3 nitrogen and oxygen atoms in total. The quantitative estimate of drug-likeness (QED) is 0.584. The van der Waals surface area contributed by atoms with Crippen molar-refractivity contribution < 1.29 is 9.53 Å². The summed E-state index contributed by atoms with van der Waals surface area (Å²) in [6.45, 7) is 8.09. The Morgan fingerprint density at radius 3 is 2.29 bits per heavy atom. The van der Waals surface area contributed by atoms with Gasteiger partial charge in [0, 0.05) is 6.19 Å². The van der Waals surface area contributed by atoms with Crippen LogP contribution in [-0.4, -0.2) is 32.5 Å². The minimum Gasteiger partial charge on any atom is -0.468 e. The van der Waals surface area contributed by atoms with Crippen molar-refractivity contribution in [3.05, 3.63) is 0 Å². The molecule has 0 aliphatic heterocycles. The molecule has 1 N–H and O–H groups in total. The largest absolute Gasteiger partial charge is 0.468 e. The minimum absolute atomic E-state index is 0.211. The molecule has 0 aromatic rings. The number of esters is 1. The van der Waals surface area contributed by atoms with Crippen LogP contribution < -0.4 is 5.09 Å². The van der Waals surface area contributed by atoms with E-state index < -0.39 is 6.19 Å². The Hall–Kier alpha value is 0.0800. The van der Waals surface area contributed by atoms with Crippen LogP contribution in [0.25, 0.3) is 0 Å². The van der Waals surface area contributed by atoms with Crippen LogP contribution >= 0.6 is 6.19 Å². The molecule has 0 aromatic heterocycles. The fourth-order valence-corrected chi connectivity index (χ4v) is 2.53. The zero-order chi connectivity index (χ0) is 11.4. The molecular formula is C9H20NO2PS. The number of carbonyl (C=O) groups excluding carboxylic acids is 1. The molecule has 1 atom stereocenters. The van der Waals surface area contributed by atoms with E-state index in [-0.39, 0.29) is 12.0 Å². The van der Waals surface area contributed by atoms with Crippen molar-refractivity contribution in [2.45, 2.75) is 26.3 Å². The van der Waals surface area contributed by atoms with Gasteiger partial charge in [-0.05, 0) is 25.7 Å². The first kappa shape index (κ1) is 14.1. The highest BCUT2D eigenvalue weighted by Gasteiger charge is 2.22. The van der Waals surface area contributed by atoms with Crippen molar-refractivity contribution in [1.82, 2.24) is 5.09 Å². The minimum atomic E-state index is -1.56. The number of ether oxygens (including phenoxy) is 1. The summed E-state index contributed by atoms with van der Waals surface area (Å²) in [4.78, 5) is 11.4. The van der Waals surface area contributed by atoms with Crippen LogP contribution in [0.3, 0.4) is 0 Å². The second-order valence-corrected chi connectivity index (χ2v) is 9.88. The smallest absolute Gasteiger partial charge is 0.323 e. The molecule has 0 radical (unpaired) electrons. The van der Waals surface area contributed by atoms with Gasteiger partial charge in [-0.3, -0.25) is 9.88 Å². The van der Waals surface area contributed by atoms with E-state index in [9.17, 15) is 4.79 Å². The Morgan fingerprint density at radius 1 is 1.50 bits per heavy atom. The van der Waals surface area contributed by atoms with E-state index >= 15 is 0 Å². The lowest BCUT2D eigenvalue weighted by Gasteiger charge is -2.22. The van der Waals surface area contributed by atoms with Crippen molar-refractivity contribution in [2.75, 3.05) is 20.4 Å². The van der Waals surface area contributed by atoms with Gasteiger partial charge in [0.05, 0.1) is 7.11 Å². The van der Waals surface area contributed by atoms with Crippen LogP contribution in [0.4, 0.5) is 0 Å². The van der Waals surface area contributed by atoms with E-state index in [0.717, 1.165) is 6.42 Å². The number of rotatable bonds is 5. The highest BCUT2D eigenvalue weighted by atomic mass is 32.4. The molecular weight excluding hydrogens is 217 g/mol. The molecule has 0 saturated heterocycles. The van der Waals surface area contributed by atoms with Gasteiger partial charge in [0.25, 0.3) is 0 Å². The first-order chi connectivity index (χ1) is 6.26. The van der Waals surface area contributed by atoms with Crippen molar-refractivity contribution in [3.63, 3.8) is 0 Å². The molecule has 14 heavy (non-hydrogen) atoms. The highest BCUT2D eigenvalue weighted by Crippen LogP contribution is 2.32. The summed E-state index contributed by atoms with van der Waals surface area (Å²) in [7, 11) is 1.41. The summed E-state index contributed by atoms with van der Waals surface area (Å²) in [5.41, 5.74) is 0. The molecule has 0 aliphatic rings. The Kier molecular flexibility index (Phi) is 5.87. The maximum absolute atomic E-state index is 11.4. The summed E-state index contributed by atoms with van der Waals surface area (Å²) < 4.78 is 4.73. The van der Waals surface area contributed by atoms with Gasteiger partial charge in [-0.15, -0.1) is 0 Å². The fraction of sp³-hybridized carbons (Fsp3) is 0.889. The maximum Gasteiger partial charge on any atom is 0.323 e. The third kappa shape index (κ3) is 6.52. The van der Waals surface area contributed by atoms with Crippen LogP contribution in [0.1, 0.15) is 20.3 Å². The Bertz CT molecular complexity index is 237. The van der Waals surface area contributed by atoms with Crippen LogP contribution in [0.15, 0.2) is 0 Å². The third-order valence-electron chi connectivity index (χ3n) is 1.66. The van der Waals surface area contributed by atoms with E-state index in [0.29, 0.717) is 5.92 Å². The van der Waals surface area contributed by atoms with Gasteiger partial charge >= 0.3 is 5.97 Å². The zero-order valence-electron chi connectivity index (χ0n) is 9.53. The second-order valence-electron chi connectivity index (χ2n) is 4.19. The second kappa shape index (κ2) is 5.84. The average molecular weight is 237 g/mol. The topological polar surface area (TPSA) is 38.3 Å². The van der Waals surface area contributed by atoms with E-state index in [2.05, 4.69) is 18.9 Å². The normalized spacial score (nSPS) is 14.1. The van der Waals surface area contributed by atoms with Crippen molar-refractivity contribution in [2.24, 2.45) is 5.92 Å². The lowest BCUT2D eigenvalue weighted by Crippen LogP contribution is -2.36. The molecule has 0 heterocycles. The van der Waals surface area contributed by atoms with Crippen molar-refractivity contribution >= 4 is 24.0 Å². The summed E-state index contributed by atoms with van der Waals surface area (Å²) in [6.07, 6.45) is -0.792. The zero-order valence-corrected chi connectivity index (χ0v) is 11.2. The molecule has 0 fully saturated rings. The summed E-state index contributed by atoms with van der Waals surface area (Å²) in [6, 6.07) is -0.249. The number of hydrogen-bond donors (Lipinski definition) is 1. The number of nitrogens with one attached hydrogen (secondary N) is 1. The standard InChI is InChI=1S/C9H20NO2PS/c1-7(2)6-8(9(11)12-3)10-13(4,5)14/h7-8H,6H2,1-5H3,(H,10,14)/t8-/m0/s1. The highest BCUT2D eigenvalue weighted by molar-refractivity contribution is 8.13. The first-order valence-electron chi connectivity index (χ1n) is 4.67. The fourth-order valence-electron chi connectivity index (χ4n) is 1.19. The predicted molar refractivity (Wildman–Crippen MR) is 64.5 cm³/mol. The predicted octanol–water partition coefficient (Wildman–Crippen LogP) is 1.82. The molecule has 0 saturated carbocycles. The maximum atomic E-state index is 11.4. The molecule has 0 spiro atoms. The van der Waals surface area contributed by atoms with Crippen LogP contribution in [0.5, 0.6) is 0 Å². The van der Waals surface area contributed by atoms with Gasteiger partial charge in [-0.1, -0.05) is 25.7 Å². The molecule has 5 heteroatoms. The van der Waals surface area contributed by atoms with Crippen LogP contribution in [0, 0.1) is 5.92 Å². The third-order valence-corrected chi connectivity index (χ3v) is 2.91. The monoisotopic (exact) mass is 237 g/mol. The SMILES string of the molecule is COC(=O)[C@H](CC(C)C)NP(C)(C)=S. The van der Waals surface area contributed by atoms with Gasteiger partial charge in [0.15, 0.2) is 0 Å². The average Bonchev–Trinajstić information content (AvgIpc) is 1.98. The van der Waals surface area contributed by atoms with E-state index in [1.54, 1.807) is 0 Å². The molecule has 0 amide bonds. The lowest BCUT2D eigenvalue weighted by atomic mass is 10.1. The molecule has 0 bridgehead atoms. The Balaban J connectivity index is 4.40. The lowest BCUT2D eigenvalue weighted by molar-refractivity contribution is -0.143. The molecule has 0 unspecified atom stereocenters. The van der Waals surface area contributed by atoms with Gasteiger partial charge < -0.3 is 4.74 Å². The summed E-state index contributed by atoms with van der Waals surface area (Å²) in [5, 5.41) is 3.19. The van der Waals surface area contributed by atoms with E-state index in [1.807, 2.05) is 13.3 Å². The molecule has 84 valence electrons. The van der Waals surface area contributed by atoms with Gasteiger partial charge in [-0.2, -0.15) is 0 Å². The first-order valence-corrected chi connectivity index (χ1v) is 8.36. The van der Waals surface area contributed by atoms with Gasteiger partial charge in [0.1, 0.15) is 6.04 Å². The molecule has 0 rings (SSSR count). The van der Waals surface area contributed by atoms with Crippen molar-refractivity contribution in [1.29, 1.82) is 0 Å². The van der Waals surface area contributed by atoms with Crippen molar-refractivity contribution in [3.8, 4) is 0 Å². The van der Waals surface area contributed by atoms with Crippen LogP contribution in [0.2, 0.25) is 0 Å². The Labute approximate surface area is 91.7 Å². The molecule has 0 aliphatic carbocycles. The summed E-state index contributed by atoms with van der Waals surface area (Å²) >= 11 is 5.27. The summed E-state index contributed by atoms with van der Waals surface area (Å²) in [5.74, 6) is 0.241. The number of methoxy groups -OCH3 is 1. The van der Waals surface area contributed by atoms with Gasteiger partial charge in [-0.25, -0.2) is 0 Å². The van der Waals surface area contributed by atoms with Gasteiger partial charge in [0.2, 0.25) is 0 Å². The van der Waals surface area contributed by atoms with E-state index in [4.69, 9.17) is 16.5 Å². The number of hydrogen-bond acceptors (Lipinski definition) is 3. The van der Waals surface area contributed by atoms with Crippen LogP contribution in [-0.2, 0) is 21.3 Å². The van der Waals surface area contributed by atoms with E-state index in [1.165, 1.54) is 7.11 Å². The number of carbonyl (C=O) groups is 1. The molecule has 0 aromatic carbocycles.